The summed E-state index contributed by atoms with van der Waals surface area (Å²) in [6.45, 7) is 1.92. The number of hydrogen-bond donors (Lipinski definition) is 2. The van der Waals surface area contributed by atoms with Gasteiger partial charge >= 0.3 is 0 Å². The lowest BCUT2D eigenvalue weighted by atomic mass is 10.4. The molecule has 0 aliphatic carbocycles. The minimum atomic E-state index is -0.174. The zero-order valence-corrected chi connectivity index (χ0v) is 11.8. The second-order valence-corrected chi connectivity index (χ2v) is 5.01. The maximum atomic E-state index is 11.7. The molecule has 0 fully saturated rings. The Kier molecular flexibility index (Phi) is 5.72. The normalized spacial score (nSPS) is 10.7. The van der Waals surface area contributed by atoms with E-state index in [9.17, 15) is 4.79 Å². The van der Waals surface area contributed by atoms with E-state index >= 15 is 0 Å². The lowest BCUT2D eigenvalue weighted by molar-refractivity contribution is 0.0913. The Labute approximate surface area is 120 Å². The van der Waals surface area contributed by atoms with Gasteiger partial charge in [-0.3, -0.25) is 4.79 Å². The van der Waals surface area contributed by atoms with Crippen LogP contribution in [0, 0.1) is 0 Å². The number of nitrogens with one attached hydrogen (secondary N) is 1. The summed E-state index contributed by atoms with van der Waals surface area (Å²) in [6, 6.07) is 3.68. The van der Waals surface area contributed by atoms with Gasteiger partial charge in [-0.25, -0.2) is 4.98 Å². The van der Waals surface area contributed by atoms with Crippen LogP contribution < -0.4 is 11.1 Å². The van der Waals surface area contributed by atoms with E-state index in [4.69, 9.17) is 14.9 Å². The van der Waals surface area contributed by atoms with Crippen LogP contribution in [0.25, 0.3) is 0 Å². The maximum Gasteiger partial charge on any atom is 0.270 e. The Morgan fingerprint density at radius 2 is 2.45 bits per heavy atom. The summed E-state index contributed by atoms with van der Waals surface area (Å²) in [5.74, 6) is 0.623. The van der Waals surface area contributed by atoms with Gasteiger partial charge < -0.3 is 20.2 Å². The molecule has 20 heavy (non-hydrogen) atoms. The summed E-state index contributed by atoms with van der Waals surface area (Å²) in [7, 11) is 0. The fourth-order valence-corrected chi connectivity index (χ4v) is 2.20. The van der Waals surface area contributed by atoms with E-state index in [0.717, 1.165) is 17.2 Å². The molecule has 0 unspecified atom stereocenters. The summed E-state index contributed by atoms with van der Waals surface area (Å²) >= 11 is 1.39. The van der Waals surface area contributed by atoms with Crippen LogP contribution in [0.5, 0.6) is 0 Å². The van der Waals surface area contributed by atoms with Gasteiger partial charge in [0.1, 0.15) is 23.1 Å². The van der Waals surface area contributed by atoms with E-state index in [1.807, 2.05) is 12.1 Å². The van der Waals surface area contributed by atoms with E-state index in [0.29, 0.717) is 32.0 Å². The average molecular weight is 295 g/mol. The maximum absolute atomic E-state index is 11.7. The van der Waals surface area contributed by atoms with Gasteiger partial charge in [0, 0.05) is 25.1 Å². The molecule has 0 aliphatic heterocycles. The molecular weight excluding hydrogens is 278 g/mol. The monoisotopic (exact) mass is 295 g/mol. The summed E-state index contributed by atoms with van der Waals surface area (Å²) in [6.07, 6.45) is 2.35. The Morgan fingerprint density at radius 1 is 1.55 bits per heavy atom. The molecule has 0 aromatic carbocycles. The van der Waals surface area contributed by atoms with Crippen LogP contribution in [0.15, 0.2) is 28.2 Å². The van der Waals surface area contributed by atoms with E-state index in [-0.39, 0.29) is 5.91 Å². The third-order valence-corrected chi connectivity index (χ3v) is 3.41. The molecule has 0 saturated heterocycles. The Morgan fingerprint density at radius 3 is 3.15 bits per heavy atom. The van der Waals surface area contributed by atoms with E-state index in [1.165, 1.54) is 11.3 Å². The predicted molar refractivity (Wildman–Crippen MR) is 75.3 cm³/mol. The van der Waals surface area contributed by atoms with Crippen molar-refractivity contribution in [2.45, 2.75) is 19.6 Å². The standard InChI is InChI=1S/C13H17N3O3S/c14-7-12-16-11(9-20-12)13(17)15-4-2-5-18-8-10-3-1-6-19-10/h1,3,6,9H,2,4-5,7-8,14H2,(H,15,17). The fourth-order valence-electron chi connectivity index (χ4n) is 1.54. The molecule has 108 valence electrons. The van der Waals surface area contributed by atoms with Gasteiger partial charge in [-0.05, 0) is 18.6 Å². The Bertz CT molecular complexity index is 525. The number of thiazole rings is 1. The highest BCUT2D eigenvalue weighted by Crippen LogP contribution is 2.08. The Balaban J connectivity index is 1.57. The van der Waals surface area contributed by atoms with Crippen LogP contribution in [-0.2, 0) is 17.9 Å². The molecule has 0 bridgehead atoms. The molecular formula is C13H17N3O3S. The van der Waals surface area contributed by atoms with Crippen molar-refractivity contribution in [2.75, 3.05) is 13.2 Å². The van der Waals surface area contributed by atoms with Crippen molar-refractivity contribution in [2.24, 2.45) is 5.73 Å². The minimum absolute atomic E-state index is 0.174. The number of furan rings is 1. The van der Waals surface area contributed by atoms with Crippen molar-refractivity contribution in [3.05, 3.63) is 40.2 Å². The number of rotatable bonds is 8. The molecule has 2 rings (SSSR count). The van der Waals surface area contributed by atoms with Gasteiger partial charge in [0.25, 0.3) is 5.91 Å². The highest BCUT2D eigenvalue weighted by molar-refractivity contribution is 7.09. The topological polar surface area (TPSA) is 90.4 Å². The van der Waals surface area contributed by atoms with Crippen LogP contribution in [0.3, 0.4) is 0 Å². The minimum Gasteiger partial charge on any atom is -0.467 e. The molecule has 0 saturated carbocycles. The number of nitrogens with zero attached hydrogens (tertiary/aromatic N) is 1. The smallest absolute Gasteiger partial charge is 0.270 e. The molecule has 2 heterocycles. The number of aromatic nitrogens is 1. The number of hydrogen-bond acceptors (Lipinski definition) is 6. The predicted octanol–water partition coefficient (Wildman–Crippen LogP) is 1.53. The highest BCUT2D eigenvalue weighted by atomic mass is 32.1. The summed E-state index contributed by atoms with van der Waals surface area (Å²) < 4.78 is 10.5. The van der Waals surface area contributed by atoms with Crippen molar-refractivity contribution in [3.63, 3.8) is 0 Å². The molecule has 0 aliphatic rings. The van der Waals surface area contributed by atoms with Crippen molar-refractivity contribution < 1.29 is 13.9 Å². The van der Waals surface area contributed by atoms with Crippen LogP contribution in [0.2, 0.25) is 0 Å². The van der Waals surface area contributed by atoms with Crippen LogP contribution in [0.1, 0.15) is 27.7 Å². The van der Waals surface area contributed by atoms with Crippen molar-refractivity contribution in [1.29, 1.82) is 0 Å². The average Bonchev–Trinajstić information content (AvgIpc) is 3.13. The second kappa shape index (κ2) is 7.78. The van der Waals surface area contributed by atoms with Gasteiger partial charge in [0.15, 0.2) is 0 Å². The molecule has 6 nitrogen and oxygen atoms in total. The second-order valence-electron chi connectivity index (χ2n) is 4.07. The molecule has 3 N–H and O–H groups in total. The fraction of sp³-hybridized carbons (Fsp3) is 0.385. The molecule has 1 amide bonds. The largest absolute Gasteiger partial charge is 0.467 e. The lowest BCUT2D eigenvalue weighted by Gasteiger charge is -2.04. The number of amides is 1. The third kappa shape index (κ3) is 4.44. The van der Waals surface area contributed by atoms with Gasteiger partial charge in [-0.15, -0.1) is 11.3 Å². The van der Waals surface area contributed by atoms with E-state index in [2.05, 4.69) is 10.3 Å². The first-order valence-corrected chi connectivity index (χ1v) is 7.20. The van der Waals surface area contributed by atoms with Crippen LogP contribution in [-0.4, -0.2) is 24.0 Å². The van der Waals surface area contributed by atoms with Crippen molar-refractivity contribution >= 4 is 17.2 Å². The van der Waals surface area contributed by atoms with E-state index in [1.54, 1.807) is 11.6 Å². The number of nitrogens with two attached hydrogens (primary N) is 1. The van der Waals surface area contributed by atoms with Gasteiger partial charge in [0.05, 0.1) is 6.26 Å². The molecule has 7 heteroatoms. The molecule has 0 spiro atoms. The quantitative estimate of drug-likeness (QED) is 0.721. The zero-order valence-electron chi connectivity index (χ0n) is 11.0. The molecule has 2 aromatic heterocycles. The summed E-state index contributed by atoms with van der Waals surface area (Å²) in [5.41, 5.74) is 5.87. The SMILES string of the molecule is NCc1nc(C(=O)NCCCOCc2ccco2)cs1. The first kappa shape index (κ1) is 14.7. The first-order chi connectivity index (χ1) is 9.79. The van der Waals surface area contributed by atoms with Crippen LogP contribution in [0.4, 0.5) is 0 Å². The van der Waals surface area contributed by atoms with Gasteiger partial charge in [0.2, 0.25) is 0 Å². The highest BCUT2D eigenvalue weighted by Gasteiger charge is 2.09. The first-order valence-electron chi connectivity index (χ1n) is 6.32. The zero-order chi connectivity index (χ0) is 14.2. The van der Waals surface area contributed by atoms with Crippen molar-refractivity contribution in [3.8, 4) is 0 Å². The number of ether oxygens (including phenoxy) is 1. The Hall–Kier alpha value is -1.70. The van der Waals surface area contributed by atoms with Gasteiger partial charge in [-0.2, -0.15) is 0 Å². The number of carbonyl (C=O) groups excluding carboxylic acids is 1. The van der Waals surface area contributed by atoms with Crippen molar-refractivity contribution in [1.82, 2.24) is 10.3 Å². The van der Waals surface area contributed by atoms with Crippen LogP contribution >= 0.6 is 11.3 Å². The third-order valence-electron chi connectivity index (χ3n) is 2.53. The molecule has 0 atom stereocenters. The summed E-state index contributed by atoms with van der Waals surface area (Å²) in [5, 5.41) is 5.27. The summed E-state index contributed by atoms with van der Waals surface area (Å²) in [4.78, 5) is 15.8. The van der Waals surface area contributed by atoms with E-state index < -0.39 is 0 Å². The molecule has 0 radical (unpaired) electrons. The lowest BCUT2D eigenvalue weighted by Crippen LogP contribution is -2.25. The van der Waals surface area contributed by atoms with Gasteiger partial charge in [-0.1, -0.05) is 0 Å². The molecule has 2 aromatic rings. The number of carbonyl (C=O) groups is 1.